The van der Waals surface area contributed by atoms with E-state index in [-0.39, 0.29) is 12.0 Å². The molecule has 7 nitrogen and oxygen atoms in total. The molecule has 0 bridgehead atoms. The number of nitrogens with zero attached hydrogens (tertiary/aromatic N) is 3. The molecule has 3 aromatic rings. The molecule has 2 heterocycles. The highest BCUT2D eigenvalue weighted by molar-refractivity contribution is 7.98. The van der Waals surface area contributed by atoms with Crippen LogP contribution in [-0.4, -0.2) is 53.3 Å². The van der Waals surface area contributed by atoms with E-state index in [9.17, 15) is 4.79 Å². The van der Waals surface area contributed by atoms with Gasteiger partial charge < -0.3 is 14.6 Å². The average Bonchev–Trinajstić information content (AvgIpc) is 3.22. The largest absolute Gasteiger partial charge is 0.374 e. The number of aromatic nitrogens is 2. The molecule has 0 radical (unpaired) electrons. The van der Waals surface area contributed by atoms with Gasteiger partial charge in [-0.3, -0.25) is 9.69 Å². The molecule has 2 aromatic carbocycles. The smallest absolute Gasteiger partial charge is 0.252 e. The Bertz CT molecular complexity index is 995. The Morgan fingerprint density at radius 1 is 1.19 bits per heavy atom. The first-order valence-corrected chi connectivity index (χ1v) is 11.3. The molecule has 1 saturated heterocycles. The molecule has 1 aliphatic heterocycles. The standard InChI is InChI=1S/C23H26N4O3S/c1-17-25-22(26-30-17)16-31-21-10-6-5-9-20(21)23(28)24-13-19-15-27(11-12-29-19)14-18-7-3-2-4-8-18/h2-10,19H,11-16H2,1H3,(H,24,28). The lowest BCUT2D eigenvalue weighted by Crippen LogP contribution is -2.47. The van der Waals surface area contributed by atoms with Crippen molar-refractivity contribution in [3.05, 3.63) is 77.4 Å². The van der Waals surface area contributed by atoms with E-state index in [0.717, 1.165) is 24.5 Å². The highest BCUT2D eigenvalue weighted by atomic mass is 32.2. The van der Waals surface area contributed by atoms with Gasteiger partial charge in [-0.2, -0.15) is 4.98 Å². The molecule has 1 atom stereocenters. The summed E-state index contributed by atoms with van der Waals surface area (Å²) in [5.74, 6) is 1.60. The summed E-state index contributed by atoms with van der Waals surface area (Å²) in [6, 6.07) is 18.0. The number of rotatable bonds is 8. The SMILES string of the molecule is Cc1nc(CSc2ccccc2C(=O)NCC2CN(Cc3ccccc3)CCO2)no1. The van der Waals surface area contributed by atoms with Crippen molar-refractivity contribution in [1.82, 2.24) is 20.4 Å². The third-order valence-corrected chi connectivity index (χ3v) is 6.09. The Hall–Kier alpha value is -2.68. The molecule has 0 spiro atoms. The summed E-state index contributed by atoms with van der Waals surface area (Å²) in [5.41, 5.74) is 1.93. The summed E-state index contributed by atoms with van der Waals surface area (Å²) in [7, 11) is 0. The molecule has 1 aromatic heterocycles. The first-order valence-electron chi connectivity index (χ1n) is 10.3. The van der Waals surface area contributed by atoms with Crippen molar-refractivity contribution in [2.45, 2.75) is 30.2 Å². The normalized spacial score (nSPS) is 16.9. The van der Waals surface area contributed by atoms with Crippen molar-refractivity contribution in [3.8, 4) is 0 Å². The molecule has 1 N–H and O–H groups in total. The zero-order valence-electron chi connectivity index (χ0n) is 17.5. The Morgan fingerprint density at radius 2 is 2.00 bits per heavy atom. The first kappa shape index (κ1) is 21.5. The summed E-state index contributed by atoms with van der Waals surface area (Å²) in [4.78, 5) is 20.3. The minimum absolute atomic E-state index is 0.0245. The van der Waals surface area contributed by atoms with Crippen molar-refractivity contribution in [3.63, 3.8) is 0 Å². The molecule has 162 valence electrons. The van der Waals surface area contributed by atoms with Crippen LogP contribution in [0.25, 0.3) is 0 Å². The van der Waals surface area contributed by atoms with Gasteiger partial charge in [-0.15, -0.1) is 11.8 Å². The highest BCUT2D eigenvalue weighted by Gasteiger charge is 2.22. The minimum atomic E-state index is -0.101. The minimum Gasteiger partial charge on any atom is -0.374 e. The van der Waals surface area contributed by atoms with E-state index in [0.29, 0.717) is 36.2 Å². The third kappa shape index (κ3) is 6.16. The number of ether oxygens (including phenoxy) is 1. The van der Waals surface area contributed by atoms with E-state index in [2.05, 4.69) is 44.6 Å². The Balaban J connectivity index is 1.30. The lowest BCUT2D eigenvalue weighted by Gasteiger charge is -2.33. The van der Waals surface area contributed by atoms with Crippen LogP contribution in [-0.2, 0) is 17.0 Å². The second-order valence-electron chi connectivity index (χ2n) is 7.44. The number of carbonyl (C=O) groups excluding carboxylic acids is 1. The molecule has 0 saturated carbocycles. The van der Waals surface area contributed by atoms with Crippen LogP contribution in [0.4, 0.5) is 0 Å². The van der Waals surface area contributed by atoms with Crippen LogP contribution in [0.5, 0.6) is 0 Å². The predicted molar refractivity (Wildman–Crippen MR) is 119 cm³/mol. The monoisotopic (exact) mass is 438 g/mol. The number of hydrogen-bond acceptors (Lipinski definition) is 7. The lowest BCUT2D eigenvalue weighted by molar-refractivity contribution is -0.0292. The molecule has 0 aliphatic carbocycles. The van der Waals surface area contributed by atoms with E-state index < -0.39 is 0 Å². The summed E-state index contributed by atoms with van der Waals surface area (Å²) >= 11 is 1.52. The van der Waals surface area contributed by atoms with Gasteiger partial charge in [0.2, 0.25) is 5.89 Å². The maximum absolute atomic E-state index is 12.9. The Labute approximate surface area is 186 Å². The van der Waals surface area contributed by atoms with E-state index in [1.165, 1.54) is 17.3 Å². The summed E-state index contributed by atoms with van der Waals surface area (Å²) in [6.45, 7) is 5.49. The summed E-state index contributed by atoms with van der Waals surface area (Å²) in [5, 5.41) is 6.95. The number of hydrogen-bond donors (Lipinski definition) is 1. The van der Waals surface area contributed by atoms with Crippen molar-refractivity contribution in [2.75, 3.05) is 26.2 Å². The van der Waals surface area contributed by atoms with Crippen molar-refractivity contribution >= 4 is 17.7 Å². The number of carbonyl (C=O) groups is 1. The molecule has 1 amide bonds. The van der Waals surface area contributed by atoms with Crippen LogP contribution in [0.3, 0.4) is 0 Å². The van der Waals surface area contributed by atoms with Gasteiger partial charge in [0.25, 0.3) is 5.91 Å². The van der Waals surface area contributed by atoms with Gasteiger partial charge in [-0.1, -0.05) is 47.6 Å². The van der Waals surface area contributed by atoms with Crippen LogP contribution < -0.4 is 5.32 Å². The van der Waals surface area contributed by atoms with Crippen LogP contribution >= 0.6 is 11.8 Å². The fourth-order valence-corrected chi connectivity index (χ4v) is 4.41. The lowest BCUT2D eigenvalue weighted by atomic mass is 10.2. The van der Waals surface area contributed by atoms with Gasteiger partial charge >= 0.3 is 0 Å². The molecular weight excluding hydrogens is 412 g/mol. The Kier molecular flexibility index (Phi) is 7.35. The Morgan fingerprint density at radius 3 is 2.81 bits per heavy atom. The van der Waals surface area contributed by atoms with Crippen molar-refractivity contribution < 1.29 is 14.1 Å². The van der Waals surface area contributed by atoms with Crippen LogP contribution in [0.2, 0.25) is 0 Å². The molecule has 1 unspecified atom stereocenters. The molecular formula is C23H26N4O3S. The quantitative estimate of drug-likeness (QED) is 0.541. The fraction of sp³-hybridized carbons (Fsp3) is 0.348. The molecule has 1 fully saturated rings. The van der Waals surface area contributed by atoms with Gasteiger partial charge in [-0.25, -0.2) is 0 Å². The summed E-state index contributed by atoms with van der Waals surface area (Å²) < 4.78 is 10.9. The molecule has 4 rings (SSSR count). The van der Waals surface area contributed by atoms with E-state index >= 15 is 0 Å². The van der Waals surface area contributed by atoms with E-state index in [4.69, 9.17) is 9.26 Å². The van der Waals surface area contributed by atoms with E-state index in [1.807, 2.05) is 30.3 Å². The number of nitrogens with one attached hydrogen (secondary N) is 1. The number of amides is 1. The molecule has 31 heavy (non-hydrogen) atoms. The van der Waals surface area contributed by atoms with Crippen LogP contribution in [0.15, 0.2) is 64.0 Å². The predicted octanol–water partition coefficient (Wildman–Crippen LogP) is 3.30. The van der Waals surface area contributed by atoms with Crippen molar-refractivity contribution in [1.29, 1.82) is 0 Å². The van der Waals surface area contributed by atoms with Crippen LogP contribution in [0.1, 0.15) is 27.6 Å². The van der Waals surface area contributed by atoms with Gasteiger partial charge in [0.15, 0.2) is 5.82 Å². The number of aryl methyl sites for hydroxylation is 1. The van der Waals surface area contributed by atoms with Gasteiger partial charge in [0, 0.05) is 38.0 Å². The van der Waals surface area contributed by atoms with Gasteiger partial charge in [-0.05, 0) is 17.7 Å². The topological polar surface area (TPSA) is 80.5 Å². The second kappa shape index (κ2) is 10.6. The maximum atomic E-state index is 12.9. The number of morpholine rings is 1. The van der Waals surface area contributed by atoms with Gasteiger partial charge in [0.1, 0.15) is 0 Å². The summed E-state index contributed by atoms with van der Waals surface area (Å²) in [6.07, 6.45) is -0.0245. The number of benzene rings is 2. The van der Waals surface area contributed by atoms with Gasteiger partial charge in [0.05, 0.1) is 24.0 Å². The highest BCUT2D eigenvalue weighted by Crippen LogP contribution is 2.25. The maximum Gasteiger partial charge on any atom is 0.252 e. The molecule has 8 heteroatoms. The van der Waals surface area contributed by atoms with Crippen LogP contribution in [0, 0.1) is 6.92 Å². The average molecular weight is 439 g/mol. The second-order valence-corrected chi connectivity index (χ2v) is 8.46. The molecule has 1 aliphatic rings. The third-order valence-electron chi connectivity index (χ3n) is 5.02. The number of thioether (sulfide) groups is 1. The first-order chi connectivity index (χ1) is 15.2. The van der Waals surface area contributed by atoms with E-state index in [1.54, 1.807) is 6.92 Å². The zero-order chi connectivity index (χ0) is 21.5. The zero-order valence-corrected chi connectivity index (χ0v) is 18.3. The van der Waals surface area contributed by atoms with Crippen molar-refractivity contribution in [2.24, 2.45) is 0 Å². The fourth-order valence-electron chi connectivity index (χ4n) is 3.51.